The van der Waals surface area contributed by atoms with Gasteiger partial charge < -0.3 is 20.9 Å². The van der Waals surface area contributed by atoms with Crippen LogP contribution in [0, 0.1) is 5.82 Å². The molecule has 4 rings (SSSR count). The second-order valence-electron chi connectivity index (χ2n) is 7.74. The largest absolute Gasteiger partial charge is 0.480 e. The van der Waals surface area contributed by atoms with Crippen LogP contribution in [0.3, 0.4) is 0 Å². The summed E-state index contributed by atoms with van der Waals surface area (Å²) >= 11 is 0. The number of benzene rings is 1. The van der Waals surface area contributed by atoms with Gasteiger partial charge in [0.2, 0.25) is 5.88 Å². The number of ether oxygens (including phenoxy) is 1. The van der Waals surface area contributed by atoms with E-state index in [9.17, 15) is 27.5 Å². The van der Waals surface area contributed by atoms with Gasteiger partial charge in [-0.2, -0.15) is 18.3 Å². The van der Waals surface area contributed by atoms with Crippen LogP contribution in [0.5, 0.6) is 5.88 Å². The van der Waals surface area contributed by atoms with Gasteiger partial charge in [0.05, 0.1) is 24.5 Å². The minimum atomic E-state index is -4.73. The summed E-state index contributed by atoms with van der Waals surface area (Å²) in [7, 11) is 1.29. The van der Waals surface area contributed by atoms with Crippen LogP contribution in [-0.2, 0) is 6.18 Å². The van der Waals surface area contributed by atoms with Gasteiger partial charge in [-0.3, -0.25) is 4.79 Å². The second-order valence-corrected chi connectivity index (χ2v) is 7.74. The number of carbonyl (C=O) groups excluding carboxylic acids is 1. The molecule has 0 aliphatic carbocycles. The number of halogens is 4. The third kappa shape index (κ3) is 4.91. The highest BCUT2D eigenvalue weighted by Crippen LogP contribution is 2.39. The number of nitrogen functional groups attached to an aromatic ring is 1. The molecule has 0 saturated carbocycles. The summed E-state index contributed by atoms with van der Waals surface area (Å²) < 4.78 is 60.1. The maximum atomic E-state index is 13.6. The third-order valence-corrected chi connectivity index (χ3v) is 5.43. The fraction of sp³-hybridized carbons (Fsp3) is 0.217. The predicted octanol–water partition coefficient (Wildman–Crippen LogP) is 3.39. The molecule has 1 atom stereocenters. The number of anilines is 1. The van der Waals surface area contributed by atoms with Gasteiger partial charge in [-0.15, -0.1) is 0 Å². The summed E-state index contributed by atoms with van der Waals surface area (Å²) in [5.74, 6) is -1.48. The van der Waals surface area contributed by atoms with E-state index in [-0.39, 0.29) is 41.5 Å². The zero-order chi connectivity index (χ0) is 26.0. The lowest BCUT2D eigenvalue weighted by molar-refractivity contribution is -0.136. The number of amides is 1. The molecular weight excluding hydrogens is 484 g/mol. The van der Waals surface area contributed by atoms with Crippen molar-refractivity contribution in [3.8, 4) is 17.1 Å². The lowest BCUT2D eigenvalue weighted by Gasteiger charge is -2.13. The second kappa shape index (κ2) is 9.77. The number of nitrogens with zero attached hydrogens (tertiary/aromatic N) is 4. The number of hydrogen-bond donors (Lipinski definition) is 3. The van der Waals surface area contributed by atoms with Crippen LogP contribution < -0.4 is 15.8 Å². The average molecular weight is 504 g/mol. The van der Waals surface area contributed by atoms with Crippen molar-refractivity contribution in [2.24, 2.45) is 0 Å². The van der Waals surface area contributed by atoms with Crippen molar-refractivity contribution in [1.82, 2.24) is 24.9 Å². The number of carbonyl (C=O) groups is 1. The van der Waals surface area contributed by atoms with Gasteiger partial charge in [-0.1, -0.05) is 12.1 Å². The lowest BCUT2D eigenvalue weighted by atomic mass is 10.1. The molecule has 1 aromatic carbocycles. The fourth-order valence-electron chi connectivity index (χ4n) is 3.68. The minimum Gasteiger partial charge on any atom is -0.480 e. The molecule has 0 bridgehead atoms. The van der Waals surface area contributed by atoms with Gasteiger partial charge in [-0.05, 0) is 36.2 Å². The Morgan fingerprint density at radius 1 is 1.22 bits per heavy atom. The summed E-state index contributed by atoms with van der Waals surface area (Å²) in [4.78, 5) is 20.6. The SMILES string of the molecule is COc1ncc(-c2cc(C(F)(F)F)c3c(N)ncnn23)cc1C(=O)NCCC(O)c1ccc(F)cc1. The smallest absolute Gasteiger partial charge is 0.418 e. The van der Waals surface area contributed by atoms with Gasteiger partial charge in [-0.25, -0.2) is 18.9 Å². The molecule has 4 N–H and O–H groups in total. The number of methoxy groups -OCH3 is 1. The van der Waals surface area contributed by atoms with E-state index in [1.807, 2.05) is 0 Å². The molecule has 4 aromatic rings. The Labute approximate surface area is 201 Å². The van der Waals surface area contributed by atoms with Crippen LogP contribution in [0.4, 0.5) is 23.4 Å². The molecule has 1 amide bonds. The van der Waals surface area contributed by atoms with Crippen LogP contribution in [-0.4, -0.2) is 44.3 Å². The molecule has 0 saturated heterocycles. The first-order chi connectivity index (χ1) is 17.1. The van der Waals surface area contributed by atoms with Gasteiger partial charge in [0.25, 0.3) is 5.91 Å². The molecule has 9 nitrogen and oxygen atoms in total. The van der Waals surface area contributed by atoms with Crippen molar-refractivity contribution < 1.29 is 32.2 Å². The topological polar surface area (TPSA) is 128 Å². The Hall–Kier alpha value is -4.26. The summed E-state index contributed by atoms with van der Waals surface area (Å²) in [6.45, 7) is 0.0425. The van der Waals surface area contributed by atoms with Gasteiger partial charge in [0.1, 0.15) is 23.2 Å². The summed E-state index contributed by atoms with van der Waals surface area (Å²) in [6, 6.07) is 7.47. The predicted molar refractivity (Wildman–Crippen MR) is 120 cm³/mol. The zero-order valence-electron chi connectivity index (χ0n) is 18.8. The Morgan fingerprint density at radius 3 is 2.61 bits per heavy atom. The number of rotatable bonds is 7. The highest BCUT2D eigenvalue weighted by Gasteiger charge is 2.36. The molecule has 36 heavy (non-hydrogen) atoms. The molecule has 0 spiro atoms. The number of hydrogen-bond acceptors (Lipinski definition) is 7. The van der Waals surface area contributed by atoms with E-state index in [0.717, 1.165) is 16.9 Å². The number of fused-ring (bicyclic) bond motifs is 1. The molecular formula is C23H20F4N6O3. The number of nitrogens with two attached hydrogens (primary N) is 1. The van der Waals surface area contributed by atoms with E-state index >= 15 is 0 Å². The Kier molecular flexibility index (Phi) is 6.75. The Bertz CT molecular complexity index is 1410. The number of aromatic nitrogens is 4. The van der Waals surface area contributed by atoms with Crippen molar-refractivity contribution in [3.63, 3.8) is 0 Å². The van der Waals surface area contributed by atoms with Crippen molar-refractivity contribution >= 4 is 17.2 Å². The van der Waals surface area contributed by atoms with E-state index in [1.54, 1.807) is 0 Å². The quantitative estimate of drug-likeness (QED) is 0.329. The van der Waals surface area contributed by atoms with E-state index < -0.39 is 35.1 Å². The summed E-state index contributed by atoms with van der Waals surface area (Å²) in [5.41, 5.74) is 4.80. The summed E-state index contributed by atoms with van der Waals surface area (Å²) in [6.07, 6.45) is -3.29. The number of alkyl halides is 3. The molecule has 3 aromatic heterocycles. The first kappa shape index (κ1) is 24.9. The van der Waals surface area contributed by atoms with E-state index in [4.69, 9.17) is 10.5 Å². The van der Waals surface area contributed by atoms with Gasteiger partial charge in [0, 0.05) is 18.3 Å². The lowest BCUT2D eigenvalue weighted by Crippen LogP contribution is -2.26. The van der Waals surface area contributed by atoms with Crippen LogP contribution in [0.15, 0.2) is 48.9 Å². The van der Waals surface area contributed by atoms with E-state index in [1.165, 1.54) is 43.6 Å². The maximum absolute atomic E-state index is 13.6. The molecule has 1 unspecified atom stereocenters. The zero-order valence-corrected chi connectivity index (χ0v) is 18.8. The first-order valence-electron chi connectivity index (χ1n) is 10.6. The van der Waals surface area contributed by atoms with Crippen molar-refractivity contribution in [1.29, 1.82) is 0 Å². The van der Waals surface area contributed by atoms with Crippen LogP contribution in [0.25, 0.3) is 16.8 Å². The minimum absolute atomic E-state index is 0.0117. The molecule has 0 aliphatic heterocycles. The maximum Gasteiger partial charge on any atom is 0.418 e. The molecule has 0 fully saturated rings. The van der Waals surface area contributed by atoms with Crippen LogP contribution in [0.2, 0.25) is 0 Å². The number of aliphatic hydroxyl groups excluding tert-OH is 1. The van der Waals surface area contributed by atoms with Crippen molar-refractivity contribution in [2.45, 2.75) is 18.7 Å². The molecule has 0 radical (unpaired) electrons. The molecule has 13 heteroatoms. The van der Waals surface area contributed by atoms with Crippen molar-refractivity contribution in [3.05, 3.63) is 71.4 Å². The Morgan fingerprint density at radius 2 is 1.94 bits per heavy atom. The summed E-state index contributed by atoms with van der Waals surface area (Å²) in [5, 5.41) is 16.8. The Balaban J connectivity index is 1.61. The van der Waals surface area contributed by atoms with Gasteiger partial charge >= 0.3 is 6.18 Å². The third-order valence-electron chi connectivity index (χ3n) is 5.43. The highest BCUT2D eigenvalue weighted by atomic mass is 19.4. The van der Waals surface area contributed by atoms with E-state index in [0.29, 0.717) is 5.56 Å². The normalized spacial score (nSPS) is 12.5. The van der Waals surface area contributed by atoms with E-state index in [2.05, 4.69) is 20.4 Å². The number of aliphatic hydroxyl groups is 1. The number of pyridine rings is 1. The monoisotopic (exact) mass is 504 g/mol. The molecule has 188 valence electrons. The molecule has 3 heterocycles. The average Bonchev–Trinajstić information content (AvgIpc) is 3.25. The number of nitrogens with one attached hydrogen (secondary N) is 1. The fourth-order valence-corrected chi connectivity index (χ4v) is 3.68. The van der Waals surface area contributed by atoms with Gasteiger partial charge in [0.15, 0.2) is 5.82 Å². The van der Waals surface area contributed by atoms with Crippen LogP contribution >= 0.6 is 0 Å². The van der Waals surface area contributed by atoms with Crippen molar-refractivity contribution in [2.75, 3.05) is 19.4 Å². The standard InChI is InChI=1S/C23H20F4N6O3/c1-36-22-15(21(35)29-7-6-18(34)12-2-4-14(24)5-3-12)8-13(10-30-22)17-9-16(23(25,26)27)19-20(28)31-11-32-33(17)19/h2-5,8-11,18,34H,6-7H2,1H3,(H,29,35)(H2,28,31,32). The first-order valence-corrected chi connectivity index (χ1v) is 10.6. The van der Waals surface area contributed by atoms with Crippen LogP contribution in [0.1, 0.15) is 34.0 Å². The highest BCUT2D eigenvalue weighted by molar-refractivity contribution is 5.97. The molecule has 0 aliphatic rings.